The summed E-state index contributed by atoms with van der Waals surface area (Å²) in [6, 6.07) is 11.8. The molecule has 0 radical (unpaired) electrons. The van der Waals surface area contributed by atoms with Gasteiger partial charge in [-0.2, -0.15) is 0 Å². The minimum atomic E-state index is -0.909. The third-order valence-electron chi connectivity index (χ3n) is 2.76. The normalized spacial score (nSPS) is 10.5. The number of carbonyl (C=O) groups excluding carboxylic acids is 2. The second-order valence-corrected chi connectivity index (χ2v) is 4.52. The van der Waals surface area contributed by atoms with Gasteiger partial charge in [-0.25, -0.2) is 13.6 Å². The fraction of sp³-hybridized carbons (Fsp3) is 0.0588. The van der Waals surface area contributed by atoms with Crippen molar-refractivity contribution in [2.75, 3.05) is 11.9 Å². The molecule has 0 unspecified atom stereocenters. The van der Waals surface area contributed by atoms with Gasteiger partial charge in [-0.3, -0.25) is 4.79 Å². The summed E-state index contributed by atoms with van der Waals surface area (Å²) in [5.74, 6) is -3.09. The number of rotatable bonds is 5. The molecule has 0 fully saturated rings. The number of nitrogens with one attached hydrogen (secondary N) is 1. The van der Waals surface area contributed by atoms with Crippen LogP contribution in [-0.4, -0.2) is 18.5 Å². The van der Waals surface area contributed by atoms with Crippen LogP contribution in [0, 0.1) is 11.6 Å². The molecule has 0 spiro atoms. The molecule has 4 nitrogen and oxygen atoms in total. The molecule has 1 amide bonds. The molecule has 23 heavy (non-hydrogen) atoms. The van der Waals surface area contributed by atoms with Crippen molar-refractivity contribution in [3.8, 4) is 0 Å². The number of ether oxygens (including phenoxy) is 1. The number of hydrogen-bond donors (Lipinski definition) is 1. The number of anilines is 1. The van der Waals surface area contributed by atoms with E-state index in [1.807, 2.05) is 18.2 Å². The Balaban J connectivity index is 1.82. The van der Waals surface area contributed by atoms with Crippen molar-refractivity contribution in [1.29, 1.82) is 0 Å². The molecule has 0 aliphatic heterocycles. The molecule has 6 heteroatoms. The third kappa shape index (κ3) is 5.35. The molecule has 0 aliphatic carbocycles. The molecule has 2 rings (SSSR count). The second kappa shape index (κ2) is 7.84. The van der Waals surface area contributed by atoms with E-state index in [4.69, 9.17) is 4.74 Å². The van der Waals surface area contributed by atoms with Crippen LogP contribution in [0.5, 0.6) is 0 Å². The van der Waals surface area contributed by atoms with Gasteiger partial charge in [0, 0.05) is 12.1 Å². The number of carbonyl (C=O) groups is 2. The molecule has 0 aliphatic rings. The molecule has 0 heterocycles. The van der Waals surface area contributed by atoms with Gasteiger partial charge >= 0.3 is 5.97 Å². The van der Waals surface area contributed by atoms with Crippen molar-refractivity contribution in [1.82, 2.24) is 0 Å². The number of halogens is 2. The van der Waals surface area contributed by atoms with Gasteiger partial charge in [0.15, 0.2) is 6.61 Å². The Hall–Kier alpha value is -3.02. The average Bonchev–Trinajstić information content (AvgIpc) is 2.54. The summed E-state index contributed by atoms with van der Waals surface area (Å²) in [5, 5.41) is 2.18. The minimum Gasteiger partial charge on any atom is -0.452 e. The van der Waals surface area contributed by atoms with Gasteiger partial charge < -0.3 is 10.1 Å². The van der Waals surface area contributed by atoms with E-state index in [-0.39, 0.29) is 5.69 Å². The highest BCUT2D eigenvalue weighted by molar-refractivity contribution is 5.94. The molecule has 0 aromatic heterocycles. The minimum absolute atomic E-state index is 0.188. The van der Waals surface area contributed by atoms with Crippen molar-refractivity contribution in [2.24, 2.45) is 0 Å². The van der Waals surface area contributed by atoms with Crippen LogP contribution in [0.1, 0.15) is 5.56 Å². The largest absolute Gasteiger partial charge is 0.452 e. The van der Waals surface area contributed by atoms with Crippen LogP contribution in [0.2, 0.25) is 0 Å². The van der Waals surface area contributed by atoms with Gasteiger partial charge in [-0.05, 0) is 23.8 Å². The maximum absolute atomic E-state index is 13.3. The zero-order chi connectivity index (χ0) is 16.7. The molecule has 0 saturated heterocycles. The van der Waals surface area contributed by atoms with E-state index in [1.165, 1.54) is 6.08 Å². The van der Waals surface area contributed by atoms with Crippen LogP contribution in [0.3, 0.4) is 0 Å². The Morgan fingerprint density at radius 2 is 1.83 bits per heavy atom. The predicted octanol–water partition coefficient (Wildman–Crippen LogP) is 3.16. The molecular weight excluding hydrogens is 304 g/mol. The van der Waals surface area contributed by atoms with Crippen LogP contribution in [-0.2, 0) is 14.3 Å². The molecule has 0 bridgehead atoms. The first-order valence-electron chi connectivity index (χ1n) is 6.69. The Morgan fingerprint density at radius 1 is 1.09 bits per heavy atom. The average molecular weight is 317 g/mol. The fourth-order valence-corrected chi connectivity index (χ4v) is 1.69. The quantitative estimate of drug-likeness (QED) is 0.681. The van der Waals surface area contributed by atoms with Gasteiger partial charge in [0.2, 0.25) is 0 Å². The molecule has 2 aromatic rings. The van der Waals surface area contributed by atoms with Crippen LogP contribution < -0.4 is 5.32 Å². The van der Waals surface area contributed by atoms with E-state index in [1.54, 1.807) is 18.2 Å². The topological polar surface area (TPSA) is 55.4 Å². The van der Waals surface area contributed by atoms with E-state index in [0.29, 0.717) is 6.07 Å². The van der Waals surface area contributed by atoms with Crippen LogP contribution in [0.15, 0.2) is 54.6 Å². The van der Waals surface area contributed by atoms with Crippen LogP contribution >= 0.6 is 0 Å². The van der Waals surface area contributed by atoms with Crippen LogP contribution in [0.25, 0.3) is 6.08 Å². The summed E-state index contributed by atoms with van der Waals surface area (Å²) in [6.07, 6.45) is 2.72. The standard InChI is InChI=1S/C17H13F2NO3/c18-13-7-8-15(14(19)10-13)20-16(21)11-23-17(22)9-6-12-4-2-1-3-5-12/h1-10H,11H2,(H,20,21)/b9-6+. The Morgan fingerprint density at radius 3 is 2.52 bits per heavy atom. The lowest BCUT2D eigenvalue weighted by Gasteiger charge is -2.06. The van der Waals surface area contributed by atoms with E-state index >= 15 is 0 Å². The number of amides is 1. The number of benzene rings is 2. The van der Waals surface area contributed by atoms with Crippen LogP contribution in [0.4, 0.5) is 14.5 Å². The first kappa shape index (κ1) is 16.4. The summed E-state index contributed by atoms with van der Waals surface area (Å²) in [5.41, 5.74) is 0.620. The maximum Gasteiger partial charge on any atom is 0.331 e. The molecule has 0 saturated carbocycles. The Kier molecular flexibility index (Phi) is 5.57. The van der Waals surface area contributed by atoms with Gasteiger partial charge in [0.25, 0.3) is 5.91 Å². The first-order valence-corrected chi connectivity index (χ1v) is 6.69. The SMILES string of the molecule is O=C(COC(=O)/C=C/c1ccccc1)Nc1ccc(F)cc1F. The number of esters is 1. The lowest BCUT2D eigenvalue weighted by atomic mass is 10.2. The molecule has 118 valence electrons. The van der Waals surface area contributed by atoms with Crippen molar-refractivity contribution < 1.29 is 23.1 Å². The monoisotopic (exact) mass is 317 g/mol. The van der Waals surface area contributed by atoms with Crippen molar-refractivity contribution in [3.63, 3.8) is 0 Å². The highest BCUT2D eigenvalue weighted by Crippen LogP contribution is 2.14. The first-order chi connectivity index (χ1) is 11.0. The lowest BCUT2D eigenvalue weighted by molar-refractivity contribution is -0.142. The maximum atomic E-state index is 13.3. The smallest absolute Gasteiger partial charge is 0.331 e. The lowest BCUT2D eigenvalue weighted by Crippen LogP contribution is -2.20. The molecule has 0 atom stereocenters. The summed E-state index contributed by atoms with van der Waals surface area (Å²) < 4.78 is 30.8. The second-order valence-electron chi connectivity index (χ2n) is 4.52. The summed E-state index contributed by atoms with van der Waals surface area (Å²) in [4.78, 5) is 23.0. The molecular formula is C17H13F2NO3. The highest BCUT2D eigenvalue weighted by Gasteiger charge is 2.09. The Labute approximate surface area is 131 Å². The number of hydrogen-bond acceptors (Lipinski definition) is 3. The summed E-state index contributed by atoms with van der Waals surface area (Å²) >= 11 is 0. The molecule has 1 N–H and O–H groups in total. The highest BCUT2D eigenvalue weighted by atomic mass is 19.1. The van der Waals surface area contributed by atoms with Crippen molar-refractivity contribution in [3.05, 3.63) is 71.8 Å². The van der Waals surface area contributed by atoms with E-state index in [9.17, 15) is 18.4 Å². The van der Waals surface area contributed by atoms with Gasteiger partial charge in [-0.15, -0.1) is 0 Å². The Bertz CT molecular complexity index is 730. The summed E-state index contributed by atoms with van der Waals surface area (Å²) in [6.45, 7) is -0.575. The van der Waals surface area contributed by atoms with Gasteiger partial charge in [0.1, 0.15) is 11.6 Å². The molecule has 2 aromatic carbocycles. The van der Waals surface area contributed by atoms with E-state index in [2.05, 4.69) is 5.32 Å². The van der Waals surface area contributed by atoms with Gasteiger partial charge in [-0.1, -0.05) is 30.3 Å². The fourth-order valence-electron chi connectivity index (χ4n) is 1.69. The van der Waals surface area contributed by atoms with Crippen molar-refractivity contribution in [2.45, 2.75) is 0 Å². The zero-order valence-corrected chi connectivity index (χ0v) is 12.0. The van der Waals surface area contributed by atoms with E-state index < -0.39 is 30.1 Å². The van der Waals surface area contributed by atoms with E-state index in [0.717, 1.165) is 17.7 Å². The van der Waals surface area contributed by atoms with Crippen molar-refractivity contribution >= 4 is 23.6 Å². The summed E-state index contributed by atoms with van der Waals surface area (Å²) in [7, 11) is 0. The third-order valence-corrected chi connectivity index (χ3v) is 2.76. The predicted molar refractivity (Wildman–Crippen MR) is 81.4 cm³/mol. The van der Waals surface area contributed by atoms with Gasteiger partial charge in [0.05, 0.1) is 5.69 Å². The zero-order valence-electron chi connectivity index (χ0n) is 12.0.